The molecule has 1 unspecified atom stereocenters. The lowest BCUT2D eigenvalue weighted by Gasteiger charge is -2.36. The Balaban J connectivity index is 2.04. The first-order valence-corrected chi connectivity index (χ1v) is 6.64. The molecule has 0 bridgehead atoms. The van der Waals surface area contributed by atoms with Gasteiger partial charge >= 0.3 is 6.09 Å². The van der Waals surface area contributed by atoms with Crippen molar-refractivity contribution in [3.05, 3.63) is 35.4 Å². The van der Waals surface area contributed by atoms with E-state index >= 15 is 0 Å². The van der Waals surface area contributed by atoms with Gasteiger partial charge in [0.2, 0.25) is 0 Å². The Hall–Kier alpha value is -1.55. The Morgan fingerprint density at radius 3 is 2.58 bits per heavy atom. The number of nitrogens with one attached hydrogen (secondary N) is 1. The van der Waals surface area contributed by atoms with Crippen LogP contribution in [0.15, 0.2) is 24.3 Å². The normalized spacial score (nSPS) is 22.5. The third kappa shape index (κ3) is 3.70. The molecular weight excluding hydrogens is 240 g/mol. The summed E-state index contributed by atoms with van der Waals surface area (Å²) >= 11 is 0. The zero-order valence-corrected chi connectivity index (χ0v) is 11.8. The van der Waals surface area contributed by atoms with Gasteiger partial charge in [-0.1, -0.05) is 24.3 Å². The average molecular weight is 262 g/mol. The number of ether oxygens (including phenoxy) is 1. The third-order valence-corrected chi connectivity index (χ3v) is 3.21. The van der Waals surface area contributed by atoms with Crippen LogP contribution in [-0.4, -0.2) is 17.4 Å². The zero-order chi connectivity index (χ0) is 14.1. The molecule has 4 heteroatoms. The molecule has 0 aromatic heterocycles. The molecule has 4 nitrogen and oxygen atoms in total. The molecule has 0 saturated carbocycles. The van der Waals surface area contributed by atoms with E-state index in [1.54, 1.807) is 0 Å². The first-order valence-electron chi connectivity index (χ1n) is 6.64. The molecule has 1 aliphatic carbocycles. The number of rotatable bonds is 1. The maximum absolute atomic E-state index is 11.8. The van der Waals surface area contributed by atoms with E-state index in [2.05, 4.69) is 17.4 Å². The fourth-order valence-electron chi connectivity index (χ4n) is 2.37. The van der Waals surface area contributed by atoms with Crippen molar-refractivity contribution in [2.24, 2.45) is 5.73 Å². The fourth-order valence-corrected chi connectivity index (χ4v) is 2.37. The highest BCUT2D eigenvalue weighted by molar-refractivity contribution is 5.68. The number of hydrogen-bond donors (Lipinski definition) is 2. The highest BCUT2D eigenvalue weighted by atomic mass is 16.6. The summed E-state index contributed by atoms with van der Waals surface area (Å²) in [6.45, 7) is 5.52. The SMILES string of the molecule is CC(C)(C)OC(=O)NC1(N)CCc2ccccc2C1. The van der Waals surface area contributed by atoms with Gasteiger partial charge in [0.25, 0.3) is 0 Å². The van der Waals surface area contributed by atoms with E-state index in [1.165, 1.54) is 11.1 Å². The lowest BCUT2D eigenvalue weighted by atomic mass is 9.84. The molecule has 104 valence electrons. The van der Waals surface area contributed by atoms with E-state index in [9.17, 15) is 4.79 Å². The van der Waals surface area contributed by atoms with Crippen LogP contribution >= 0.6 is 0 Å². The van der Waals surface area contributed by atoms with Gasteiger partial charge in [0.1, 0.15) is 5.60 Å². The van der Waals surface area contributed by atoms with Crippen molar-refractivity contribution in [1.29, 1.82) is 0 Å². The molecule has 1 amide bonds. The molecule has 19 heavy (non-hydrogen) atoms. The van der Waals surface area contributed by atoms with Crippen LogP contribution < -0.4 is 11.1 Å². The zero-order valence-electron chi connectivity index (χ0n) is 11.8. The highest BCUT2D eigenvalue weighted by Gasteiger charge is 2.33. The number of nitrogens with two attached hydrogens (primary N) is 1. The number of alkyl carbamates (subject to hydrolysis) is 1. The van der Waals surface area contributed by atoms with Crippen LogP contribution in [0.3, 0.4) is 0 Å². The van der Waals surface area contributed by atoms with Crippen molar-refractivity contribution in [2.45, 2.75) is 51.3 Å². The number of benzene rings is 1. The first-order chi connectivity index (χ1) is 8.77. The molecule has 1 aromatic carbocycles. The Kier molecular flexibility index (Phi) is 3.54. The summed E-state index contributed by atoms with van der Waals surface area (Å²) in [5.74, 6) is 0. The van der Waals surface area contributed by atoms with E-state index in [4.69, 9.17) is 10.5 Å². The Morgan fingerprint density at radius 1 is 1.32 bits per heavy atom. The minimum absolute atomic E-state index is 0.450. The minimum atomic E-state index is -0.712. The molecule has 0 heterocycles. The molecular formula is C15H22N2O2. The van der Waals surface area contributed by atoms with Crippen LogP contribution in [0.1, 0.15) is 38.3 Å². The van der Waals surface area contributed by atoms with Gasteiger partial charge in [0.15, 0.2) is 0 Å². The van der Waals surface area contributed by atoms with Gasteiger partial charge in [-0.3, -0.25) is 0 Å². The minimum Gasteiger partial charge on any atom is -0.444 e. The van der Waals surface area contributed by atoms with Crippen LogP contribution in [0.2, 0.25) is 0 Å². The van der Waals surface area contributed by atoms with Crippen LogP contribution in [0.5, 0.6) is 0 Å². The molecule has 1 atom stereocenters. The van der Waals surface area contributed by atoms with E-state index in [-0.39, 0.29) is 0 Å². The Bertz CT molecular complexity index is 479. The highest BCUT2D eigenvalue weighted by Crippen LogP contribution is 2.25. The molecule has 0 fully saturated rings. The van der Waals surface area contributed by atoms with E-state index in [1.807, 2.05) is 32.9 Å². The number of amides is 1. The monoisotopic (exact) mass is 262 g/mol. The predicted octanol–water partition coefficient (Wildman–Crippen LogP) is 2.36. The third-order valence-electron chi connectivity index (χ3n) is 3.21. The van der Waals surface area contributed by atoms with E-state index in [0.29, 0.717) is 6.42 Å². The molecule has 1 aromatic rings. The van der Waals surface area contributed by atoms with E-state index in [0.717, 1.165) is 12.8 Å². The lowest BCUT2D eigenvalue weighted by molar-refractivity contribution is 0.0447. The summed E-state index contributed by atoms with van der Waals surface area (Å²) in [6, 6.07) is 8.21. The Labute approximate surface area is 114 Å². The molecule has 1 aliphatic rings. The standard InChI is InChI=1S/C15H22N2O2/c1-14(2,3)19-13(18)17-15(16)9-8-11-6-4-5-7-12(11)10-15/h4-7H,8-10,16H2,1-3H3,(H,17,18). The molecule has 3 N–H and O–H groups in total. The van der Waals surface area contributed by atoms with Gasteiger partial charge in [-0.25, -0.2) is 4.79 Å². The summed E-state index contributed by atoms with van der Waals surface area (Å²) in [6.07, 6.45) is 1.79. The van der Waals surface area contributed by atoms with Crippen molar-refractivity contribution in [2.75, 3.05) is 0 Å². The number of carbonyl (C=O) groups excluding carboxylic acids is 1. The van der Waals surface area contributed by atoms with Gasteiger partial charge in [0.05, 0.1) is 5.66 Å². The average Bonchev–Trinajstić information content (AvgIpc) is 2.25. The molecule has 0 radical (unpaired) electrons. The Morgan fingerprint density at radius 2 is 1.95 bits per heavy atom. The number of aryl methyl sites for hydroxylation is 1. The summed E-state index contributed by atoms with van der Waals surface area (Å²) < 4.78 is 5.26. The van der Waals surface area contributed by atoms with E-state index < -0.39 is 17.4 Å². The van der Waals surface area contributed by atoms with Crippen LogP contribution in [0, 0.1) is 0 Å². The molecule has 0 spiro atoms. The maximum atomic E-state index is 11.8. The second-order valence-electron chi connectivity index (χ2n) is 6.23. The van der Waals surface area contributed by atoms with Crippen molar-refractivity contribution in [3.8, 4) is 0 Å². The lowest BCUT2D eigenvalue weighted by Crippen LogP contribution is -2.59. The maximum Gasteiger partial charge on any atom is 0.409 e. The quantitative estimate of drug-likeness (QED) is 0.764. The van der Waals surface area contributed by atoms with Crippen molar-refractivity contribution < 1.29 is 9.53 Å². The topological polar surface area (TPSA) is 64.3 Å². The van der Waals surface area contributed by atoms with Gasteiger partial charge in [-0.05, 0) is 44.7 Å². The summed E-state index contributed by atoms with van der Waals surface area (Å²) in [7, 11) is 0. The van der Waals surface area contributed by atoms with Crippen molar-refractivity contribution in [1.82, 2.24) is 5.32 Å². The van der Waals surface area contributed by atoms with Crippen molar-refractivity contribution in [3.63, 3.8) is 0 Å². The van der Waals surface area contributed by atoms with Gasteiger partial charge in [-0.2, -0.15) is 0 Å². The molecule has 2 rings (SSSR count). The van der Waals surface area contributed by atoms with Gasteiger partial charge in [0, 0.05) is 6.42 Å². The van der Waals surface area contributed by atoms with Gasteiger partial charge in [-0.15, -0.1) is 0 Å². The van der Waals surface area contributed by atoms with Crippen LogP contribution in [0.4, 0.5) is 4.79 Å². The number of carbonyl (C=O) groups is 1. The van der Waals surface area contributed by atoms with Gasteiger partial charge < -0.3 is 15.8 Å². The van der Waals surface area contributed by atoms with Crippen LogP contribution in [0.25, 0.3) is 0 Å². The van der Waals surface area contributed by atoms with Crippen LogP contribution in [-0.2, 0) is 17.6 Å². The molecule has 0 saturated heterocycles. The summed E-state index contributed by atoms with van der Waals surface area (Å²) in [5.41, 5.74) is 7.58. The molecule has 0 aliphatic heterocycles. The fraction of sp³-hybridized carbons (Fsp3) is 0.533. The number of hydrogen-bond acceptors (Lipinski definition) is 3. The smallest absolute Gasteiger partial charge is 0.409 e. The predicted molar refractivity (Wildman–Crippen MR) is 74.8 cm³/mol. The largest absolute Gasteiger partial charge is 0.444 e. The summed E-state index contributed by atoms with van der Waals surface area (Å²) in [5, 5.41) is 2.81. The number of fused-ring (bicyclic) bond motifs is 1. The summed E-state index contributed by atoms with van der Waals surface area (Å²) in [4.78, 5) is 11.8. The van der Waals surface area contributed by atoms with Crippen molar-refractivity contribution >= 4 is 6.09 Å². The second-order valence-corrected chi connectivity index (χ2v) is 6.23. The second kappa shape index (κ2) is 4.85. The first kappa shape index (κ1) is 13.9.